The third-order valence-corrected chi connectivity index (χ3v) is 2.75. The van der Waals surface area contributed by atoms with E-state index in [-0.39, 0.29) is 11.8 Å². The maximum atomic E-state index is 12.1. The molecule has 0 aliphatic carbocycles. The number of rotatable bonds is 1. The molecule has 1 aliphatic rings. The van der Waals surface area contributed by atoms with Gasteiger partial charge in [-0.3, -0.25) is 14.6 Å². The van der Waals surface area contributed by atoms with Crippen LogP contribution < -0.4 is 10.2 Å². The quantitative estimate of drug-likeness (QED) is 0.774. The average molecular weight is 233 g/mol. The van der Waals surface area contributed by atoms with Crippen LogP contribution in [0.2, 0.25) is 0 Å². The van der Waals surface area contributed by atoms with Crippen LogP contribution in [0.25, 0.3) is 0 Å². The molecular formula is C12H15N3O2. The Hall–Kier alpha value is -1.91. The van der Waals surface area contributed by atoms with E-state index in [4.69, 9.17) is 0 Å². The van der Waals surface area contributed by atoms with Gasteiger partial charge in [0.25, 0.3) is 0 Å². The Morgan fingerprint density at radius 3 is 2.88 bits per heavy atom. The normalized spacial score (nSPS) is 21.1. The fourth-order valence-corrected chi connectivity index (χ4v) is 1.88. The molecule has 1 saturated heterocycles. The van der Waals surface area contributed by atoms with E-state index in [0.29, 0.717) is 13.0 Å². The van der Waals surface area contributed by atoms with E-state index in [2.05, 4.69) is 10.3 Å². The van der Waals surface area contributed by atoms with E-state index in [1.54, 1.807) is 24.2 Å². The number of carbonyl (C=O) groups excluding carboxylic acids is 2. The number of aryl methyl sites for hydroxylation is 1. The maximum absolute atomic E-state index is 12.1. The summed E-state index contributed by atoms with van der Waals surface area (Å²) in [5.41, 5.74) is 1.74. The summed E-state index contributed by atoms with van der Waals surface area (Å²) >= 11 is 0. The second kappa shape index (κ2) is 4.53. The Bertz CT molecular complexity index is 459. The first-order valence-electron chi connectivity index (χ1n) is 5.60. The number of hydrogen-bond acceptors (Lipinski definition) is 3. The summed E-state index contributed by atoms with van der Waals surface area (Å²) in [5.74, 6) is -0.183. The average Bonchev–Trinajstić information content (AvgIpc) is 2.40. The topological polar surface area (TPSA) is 62.3 Å². The Morgan fingerprint density at radius 1 is 1.41 bits per heavy atom. The predicted octanol–water partition coefficient (Wildman–Crippen LogP) is 0.631. The van der Waals surface area contributed by atoms with E-state index >= 15 is 0 Å². The highest BCUT2D eigenvalue weighted by atomic mass is 16.2. The molecule has 0 spiro atoms. The molecule has 2 amide bonds. The second-order valence-electron chi connectivity index (χ2n) is 4.25. The molecule has 1 atom stereocenters. The largest absolute Gasteiger partial charge is 0.345 e. The molecule has 0 radical (unpaired) electrons. The first kappa shape index (κ1) is 11.6. The molecule has 1 unspecified atom stereocenters. The lowest BCUT2D eigenvalue weighted by Crippen LogP contribution is -2.42. The van der Waals surface area contributed by atoms with Crippen LogP contribution in [0.3, 0.4) is 0 Å². The molecule has 2 heterocycles. The predicted molar refractivity (Wildman–Crippen MR) is 63.5 cm³/mol. The van der Waals surface area contributed by atoms with Crippen LogP contribution in [-0.2, 0) is 9.59 Å². The molecule has 2 rings (SSSR count). The smallest absolute Gasteiger partial charge is 0.249 e. The van der Waals surface area contributed by atoms with Crippen molar-refractivity contribution in [3.8, 4) is 0 Å². The molecule has 1 N–H and O–H groups in total. The van der Waals surface area contributed by atoms with Gasteiger partial charge in [-0.25, -0.2) is 0 Å². The van der Waals surface area contributed by atoms with Gasteiger partial charge in [-0.1, -0.05) is 0 Å². The van der Waals surface area contributed by atoms with Crippen molar-refractivity contribution in [1.82, 2.24) is 10.3 Å². The minimum absolute atomic E-state index is 0.0889. The summed E-state index contributed by atoms with van der Waals surface area (Å²) in [5, 5.41) is 2.66. The molecule has 17 heavy (non-hydrogen) atoms. The van der Waals surface area contributed by atoms with E-state index in [1.165, 1.54) is 0 Å². The van der Waals surface area contributed by atoms with Crippen LogP contribution in [0, 0.1) is 6.92 Å². The standard InChI is InChI=1S/C12H15N3O2/c1-8-5-10(7-13-6-8)15-4-3-11(16)14-9(2)12(15)17/h5-7,9H,3-4H2,1-2H3,(H,14,16). The van der Waals surface area contributed by atoms with Gasteiger partial charge in [-0.2, -0.15) is 0 Å². The SMILES string of the molecule is Cc1cncc(N2CCC(=O)NC(C)C2=O)c1. The molecular weight excluding hydrogens is 218 g/mol. The number of pyridine rings is 1. The molecule has 1 aromatic heterocycles. The summed E-state index contributed by atoms with van der Waals surface area (Å²) in [6.45, 7) is 4.02. The summed E-state index contributed by atoms with van der Waals surface area (Å²) in [6.07, 6.45) is 3.70. The molecule has 0 saturated carbocycles. The molecule has 1 aliphatic heterocycles. The van der Waals surface area contributed by atoms with E-state index in [1.807, 2.05) is 13.0 Å². The molecule has 1 aromatic rings. The number of hydrogen-bond donors (Lipinski definition) is 1. The van der Waals surface area contributed by atoms with Gasteiger partial charge in [-0.15, -0.1) is 0 Å². The third kappa shape index (κ3) is 2.43. The van der Waals surface area contributed by atoms with Crippen molar-refractivity contribution in [1.29, 1.82) is 0 Å². The van der Waals surface area contributed by atoms with E-state index in [9.17, 15) is 9.59 Å². The zero-order valence-corrected chi connectivity index (χ0v) is 9.93. The minimum Gasteiger partial charge on any atom is -0.345 e. The number of nitrogens with one attached hydrogen (secondary N) is 1. The van der Waals surface area contributed by atoms with Crippen LogP contribution in [0.5, 0.6) is 0 Å². The second-order valence-corrected chi connectivity index (χ2v) is 4.25. The van der Waals surface area contributed by atoms with Gasteiger partial charge in [0.15, 0.2) is 0 Å². The van der Waals surface area contributed by atoms with E-state index < -0.39 is 6.04 Å². The third-order valence-electron chi connectivity index (χ3n) is 2.75. The van der Waals surface area contributed by atoms with Crippen molar-refractivity contribution in [3.05, 3.63) is 24.0 Å². The van der Waals surface area contributed by atoms with Crippen molar-refractivity contribution in [2.45, 2.75) is 26.3 Å². The first-order valence-corrected chi connectivity index (χ1v) is 5.60. The monoisotopic (exact) mass is 233 g/mol. The summed E-state index contributed by atoms with van der Waals surface area (Å²) in [6, 6.07) is 1.42. The molecule has 0 aromatic carbocycles. The van der Waals surface area contributed by atoms with Gasteiger partial charge in [0.05, 0.1) is 11.9 Å². The van der Waals surface area contributed by atoms with Crippen molar-refractivity contribution >= 4 is 17.5 Å². The number of carbonyl (C=O) groups is 2. The molecule has 1 fully saturated rings. The Kier molecular flexibility index (Phi) is 3.08. The zero-order valence-electron chi connectivity index (χ0n) is 9.93. The fourth-order valence-electron chi connectivity index (χ4n) is 1.88. The molecule has 5 heteroatoms. The Morgan fingerprint density at radius 2 is 2.18 bits per heavy atom. The van der Waals surface area contributed by atoms with E-state index in [0.717, 1.165) is 11.3 Å². The molecule has 90 valence electrons. The Balaban J connectivity index is 2.30. The van der Waals surface area contributed by atoms with Gasteiger partial charge in [-0.05, 0) is 25.5 Å². The van der Waals surface area contributed by atoms with Crippen molar-refractivity contribution in [2.75, 3.05) is 11.4 Å². The van der Waals surface area contributed by atoms with Gasteiger partial charge in [0, 0.05) is 19.2 Å². The first-order chi connectivity index (χ1) is 8.08. The van der Waals surface area contributed by atoms with Crippen molar-refractivity contribution in [3.63, 3.8) is 0 Å². The lowest BCUT2D eigenvalue weighted by atomic mass is 10.2. The van der Waals surface area contributed by atoms with Crippen LogP contribution in [0.15, 0.2) is 18.5 Å². The number of aromatic nitrogens is 1. The highest BCUT2D eigenvalue weighted by Gasteiger charge is 2.27. The number of nitrogens with zero attached hydrogens (tertiary/aromatic N) is 2. The highest BCUT2D eigenvalue weighted by Crippen LogP contribution is 2.17. The van der Waals surface area contributed by atoms with Gasteiger partial charge < -0.3 is 10.2 Å². The van der Waals surface area contributed by atoms with Crippen molar-refractivity contribution < 1.29 is 9.59 Å². The fraction of sp³-hybridized carbons (Fsp3) is 0.417. The van der Waals surface area contributed by atoms with Crippen LogP contribution >= 0.6 is 0 Å². The summed E-state index contributed by atoms with van der Waals surface area (Å²) in [7, 11) is 0. The summed E-state index contributed by atoms with van der Waals surface area (Å²) < 4.78 is 0. The summed E-state index contributed by atoms with van der Waals surface area (Å²) in [4.78, 5) is 29.1. The maximum Gasteiger partial charge on any atom is 0.249 e. The molecule has 5 nitrogen and oxygen atoms in total. The van der Waals surface area contributed by atoms with Gasteiger partial charge >= 0.3 is 0 Å². The van der Waals surface area contributed by atoms with Crippen LogP contribution in [-0.4, -0.2) is 29.4 Å². The lowest BCUT2D eigenvalue weighted by Gasteiger charge is -2.22. The van der Waals surface area contributed by atoms with Gasteiger partial charge in [0.1, 0.15) is 6.04 Å². The number of anilines is 1. The zero-order chi connectivity index (χ0) is 12.4. The van der Waals surface area contributed by atoms with Crippen LogP contribution in [0.4, 0.5) is 5.69 Å². The van der Waals surface area contributed by atoms with Gasteiger partial charge in [0.2, 0.25) is 11.8 Å². The lowest BCUT2D eigenvalue weighted by molar-refractivity contribution is -0.125. The minimum atomic E-state index is -0.481. The number of amides is 2. The Labute approximate surface area is 99.8 Å². The highest BCUT2D eigenvalue weighted by molar-refractivity contribution is 6.00. The molecule has 0 bridgehead atoms. The van der Waals surface area contributed by atoms with Crippen molar-refractivity contribution in [2.24, 2.45) is 0 Å². The van der Waals surface area contributed by atoms with Crippen LogP contribution in [0.1, 0.15) is 18.9 Å².